The molecule has 0 bridgehead atoms. The molecule has 0 saturated heterocycles. The van der Waals surface area contributed by atoms with E-state index in [9.17, 15) is 0 Å². The van der Waals surface area contributed by atoms with Crippen LogP contribution in [0.5, 0.6) is 0 Å². The highest BCUT2D eigenvalue weighted by Crippen LogP contribution is 2.06. The van der Waals surface area contributed by atoms with Crippen LogP contribution in [0.1, 0.15) is 43.5 Å². The van der Waals surface area contributed by atoms with Gasteiger partial charge in [-0.3, -0.25) is 10.1 Å². The first-order valence-corrected chi connectivity index (χ1v) is 9.26. The molecular weight excluding hydrogens is 437 g/mol. The molecule has 1 aromatic heterocycles. The van der Waals surface area contributed by atoms with Crippen molar-refractivity contribution in [3.8, 4) is 0 Å². The van der Waals surface area contributed by atoms with E-state index in [4.69, 9.17) is 4.99 Å². The number of aryl methyl sites for hydroxylation is 3. The molecule has 1 aromatic carbocycles. The zero-order chi connectivity index (χ0) is 17.9. The number of aromatic amines is 1. The van der Waals surface area contributed by atoms with Crippen LogP contribution in [0, 0.1) is 6.92 Å². The minimum absolute atomic E-state index is 0. The van der Waals surface area contributed by atoms with E-state index in [1.807, 2.05) is 6.20 Å². The van der Waals surface area contributed by atoms with Gasteiger partial charge in [0, 0.05) is 24.8 Å². The summed E-state index contributed by atoms with van der Waals surface area (Å²) in [6.45, 7) is 8.06. The predicted octanol–water partition coefficient (Wildman–Crippen LogP) is 3.85. The van der Waals surface area contributed by atoms with Gasteiger partial charge in [-0.2, -0.15) is 5.10 Å². The number of guanidine groups is 1. The molecule has 0 spiro atoms. The lowest BCUT2D eigenvalue weighted by molar-refractivity contribution is 0.593. The van der Waals surface area contributed by atoms with Crippen molar-refractivity contribution >= 4 is 29.9 Å². The van der Waals surface area contributed by atoms with E-state index in [1.54, 1.807) is 0 Å². The van der Waals surface area contributed by atoms with E-state index in [0.29, 0.717) is 6.04 Å². The van der Waals surface area contributed by atoms with Crippen LogP contribution in [0.2, 0.25) is 0 Å². The fraction of sp³-hybridized carbons (Fsp3) is 0.500. The normalized spacial score (nSPS) is 12.3. The summed E-state index contributed by atoms with van der Waals surface area (Å²) in [6, 6.07) is 11.0. The molecule has 0 fully saturated rings. The first-order valence-electron chi connectivity index (χ1n) is 9.26. The largest absolute Gasteiger partial charge is 0.357 e. The summed E-state index contributed by atoms with van der Waals surface area (Å²) in [6.07, 6.45) is 6.11. The molecule has 0 amide bonds. The van der Waals surface area contributed by atoms with Gasteiger partial charge in [0.25, 0.3) is 0 Å². The zero-order valence-electron chi connectivity index (χ0n) is 16.1. The molecule has 1 heterocycles. The lowest BCUT2D eigenvalue weighted by atomic mass is 10.1. The SMILES string of the molecule is CCNC(=NCCCc1cn[nH]c1C)NC(C)CCc1ccccc1.I. The summed E-state index contributed by atoms with van der Waals surface area (Å²) < 4.78 is 0. The van der Waals surface area contributed by atoms with E-state index in [-0.39, 0.29) is 24.0 Å². The topological polar surface area (TPSA) is 65.1 Å². The average Bonchev–Trinajstić information content (AvgIpc) is 3.03. The van der Waals surface area contributed by atoms with Gasteiger partial charge in [-0.25, -0.2) is 0 Å². The molecule has 0 aliphatic heterocycles. The van der Waals surface area contributed by atoms with Gasteiger partial charge >= 0.3 is 0 Å². The Morgan fingerprint density at radius 2 is 2.00 bits per heavy atom. The van der Waals surface area contributed by atoms with E-state index in [2.05, 4.69) is 71.9 Å². The van der Waals surface area contributed by atoms with Gasteiger partial charge in [-0.05, 0) is 57.6 Å². The Morgan fingerprint density at radius 1 is 1.23 bits per heavy atom. The van der Waals surface area contributed by atoms with Crippen LogP contribution in [0.4, 0.5) is 0 Å². The summed E-state index contributed by atoms with van der Waals surface area (Å²) >= 11 is 0. The van der Waals surface area contributed by atoms with Crippen molar-refractivity contribution in [1.82, 2.24) is 20.8 Å². The smallest absolute Gasteiger partial charge is 0.191 e. The highest BCUT2D eigenvalue weighted by atomic mass is 127. The number of H-pyrrole nitrogens is 1. The Bertz CT molecular complexity index is 639. The van der Waals surface area contributed by atoms with Crippen molar-refractivity contribution in [2.24, 2.45) is 4.99 Å². The zero-order valence-corrected chi connectivity index (χ0v) is 18.4. The number of nitrogens with one attached hydrogen (secondary N) is 3. The molecule has 0 saturated carbocycles. The third-order valence-corrected chi connectivity index (χ3v) is 4.24. The molecule has 6 heteroatoms. The fourth-order valence-corrected chi connectivity index (χ4v) is 2.74. The molecular formula is C20H32IN5. The van der Waals surface area contributed by atoms with E-state index in [0.717, 1.165) is 50.4 Å². The number of hydrogen-bond donors (Lipinski definition) is 3. The third kappa shape index (κ3) is 8.21. The number of aromatic nitrogens is 2. The van der Waals surface area contributed by atoms with Crippen LogP contribution in [-0.2, 0) is 12.8 Å². The Balaban J connectivity index is 0.00000338. The third-order valence-electron chi connectivity index (χ3n) is 4.24. The molecule has 26 heavy (non-hydrogen) atoms. The lowest BCUT2D eigenvalue weighted by Gasteiger charge is -2.18. The highest BCUT2D eigenvalue weighted by Gasteiger charge is 2.06. The second-order valence-corrected chi connectivity index (χ2v) is 6.45. The van der Waals surface area contributed by atoms with Crippen LogP contribution < -0.4 is 10.6 Å². The molecule has 2 aromatic rings. The molecule has 3 N–H and O–H groups in total. The van der Waals surface area contributed by atoms with Gasteiger partial charge in [-0.1, -0.05) is 30.3 Å². The van der Waals surface area contributed by atoms with Gasteiger partial charge in [0.2, 0.25) is 0 Å². The summed E-state index contributed by atoms with van der Waals surface area (Å²) in [5, 5.41) is 13.9. The van der Waals surface area contributed by atoms with Crippen molar-refractivity contribution < 1.29 is 0 Å². The highest BCUT2D eigenvalue weighted by molar-refractivity contribution is 14.0. The second kappa shape index (κ2) is 12.7. The van der Waals surface area contributed by atoms with Crippen molar-refractivity contribution in [2.45, 2.75) is 52.5 Å². The average molecular weight is 469 g/mol. The molecule has 5 nitrogen and oxygen atoms in total. The van der Waals surface area contributed by atoms with Gasteiger partial charge in [0.15, 0.2) is 5.96 Å². The lowest BCUT2D eigenvalue weighted by Crippen LogP contribution is -2.42. The molecule has 2 rings (SSSR count). The van der Waals surface area contributed by atoms with Crippen LogP contribution >= 0.6 is 24.0 Å². The minimum atomic E-state index is 0. The van der Waals surface area contributed by atoms with Gasteiger partial charge in [0.05, 0.1) is 6.20 Å². The Labute approximate surface area is 174 Å². The number of halogens is 1. The predicted molar refractivity (Wildman–Crippen MR) is 120 cm³/mol. The molecule has 144 valence electrons. The molecule has 0 aliphatic rings. The molecule has 1 atom stereocenters. The van der Waals surface area contributed by atoms with Crippen molar-refractivity contribution in [1.29, 1.82) is 0 Å². The number of hydrogen-bond acceptors (Lipinski definition) is 2. The summed E-state index contributed by atoms with van der Waals surface area (Å²) in [4.78, 5) is 4.70. The van der Waals surface area contributed by atoms with Crippen LogP contribution in [0.25, 0.3) is 0 Å². The van der Waals surface area contributed by atoms with Crippen LogP contribution in [0.15, 0.2) is 41.5 Å². The Morgan fingerprint density at radius 3 is 2.65 bits per heavy atom. The first kappa shape index (κ1) is 22.5. The number of rotatable bonds is 9. The van der Waals surface area contributed by atoms with E-state index in [1.165, 1.54) is 11.1 Å². The van der Waals surface area contributed by atoms with E-state index >= 15 is 0 Å². The van der Waals surface area contributed by atoms with Crippen LogP contribution in [0.3, 0.4) is 0 Å². The first-order chi connectivity index (χ1) is 12.2. The maximum atomic E-state index is 4.70. The molecule has 1 unspecified atom stereocenters. The summed E-state index contributed by atoms with van der Waals surface area (Å²) in [5.74, 6) is 0.909. The maximum absolute atomic E-state index is 4.70. The summed E-state index contributed by atoms with van der Waals surface area (Å²) in [5.41, 5.74) is 3.82. The number of nitrogens with zero attached hydrogens (tertiary/aromatic N) is 2. The van der Waals surface area contributed by atoms with Crippen molar-refractivity contribution in [3.05, 3.63) is 53.3 Å². The maximum Gasteiger partial charge on any atom is 0.191 e. The second-order valence-electron chi connectivity index (χ2n) is 6.45. The minimum Gasteiger partial charge on any atom is -0.357 e. The number of benzene rings is 1. The van der Waals surface area contributed by atoms with Gasteiger partial charge in [0.1, 0.15) is 0 Å². The number of aliphatic imine (C=N–C) groups is 1. The molecule has 0 radical (unpaired) electrons. The monoisotopic (exact) mass is 469 g/mol. The standard InChI is InChI=1S/C20H31N5.HI/c1-4-21-20(22-14-8-11-19-15-23-25-17(19)3)24-16(2)12-13-18-9-6-5-7-10-18;/h5-7,9-10,15-16H,4,8,11-14H2,1-3H3,(H,23,25)(H2,21,22,24);1H. The summed E-state index contributed by atoms with van der Waals surface area (Å²) in [7, 11) is 0. The van der Waals surface area contributed by atoms with Crippen molar-refractivity contribution in [3.63, 3.8) is 0 Å². The van der Waals surface area contributed by atoms with Gasteiger partial charge in [-0.15, -0.1) is 24.0 Å². The Kier molecular flexibility index (Phi) is 11.0. The van der Waals surface area contributed by atoms with Crippen molar-refractivity contribution in [2.75, 3.05) is 13.1 Å². The quantitative estimate of drug-likeness (QED) is 0.226. The van der Waals surface area contributed by atoms with Crippen LogP contribution in [-0.4, -0.2) is 35.3 Å². The van der Waals surface area contributed by atoms with Gasteiger partial charge < -0.3 is 10.6 Å². The van der Waals surface area contributed by atoms with E-state index < -0.39 is 0 Å². The molecule has 0 aliphatic carbocycles. The fourth-order valence-electron chi connectivity index (χ4n) is 2.74. The Hall–Kier alpha value is -1.57.